The first kappa shape index (κ1) is 16.3. The van der Waals surface area contributed by atoms with Gasteiger partial charge in [0.1, 0.15) is 11.4 Å². The van der Waals surface area contributed by atoms with Gasteiger partial charge in [-0.2, -0.15) is 5.10 Å². The van der Waals surface area contributed by atoms with E-state index in [9.17, 15) is 0 Å². The Kier molecular flexibility index (Phi) is 4.10. The minimum atomic E-state index is 0.744. The number of benzene rings is 1. The molecule has 7 heteroatoms. The Bertz CT molecular complexity index is 1150. The predicted molar refractivity (Wildman–Crippen MR) is 105 cm³/mol. The monoisotopic (exact) mass is 370 g/mol. The summed E-state index contributed by atoms with van der Waals surface area (Å²) in [5, 5.41) is 6.94. The highest BCUT2D eigenvalue weighted by Crippen LogP contribution is 2.34. The Morgan fingerprint density at radius 2 is 1.79 bits per heavy atom. The number of hydrogen-bond donors (Lipinski definition) is 1. The van der Waals surface area contributed by atoms with Gasteiger partial charge in [0, 0.05) is 37.2 Å². The number of imidazole rings is 2. The van der Waals surface area contributed by atoms with Crippen molar-refractivity contribution in [3.05, 3.63) is 79.8 Å². The molecule has 0 aliphatic rings. The van der Waals surface area contributed by atoms with Gasteiger partial charge >= 0.3 is 0 Å². The van der Waals surface area contributed by atoms with Crippen LogP contribution in [-0.4, -0.2) is 29.3 Å². The van der Waals surface area contributed by atoms with Crippen LogP contribution in [0.4, 0.5) is 0 Å². The molecule has 5 aromatic rings. The molecule has 0 atom stereocenters. The maximum atomic E-state index is 6.16. The summed E-state index contributed by atoms with van der Waals surface area (Å²) >= 11 is 0. The lowest BCUT2D eigenvalue weighted by Gasteiger charge is -2.09. The van der Waals surface area contributed by atoms with Crippen molar-refractivity contribution < 1.29 is 4.42 Å². The summed E-state index contributed by atoms with van der Waals surface area (Å²) < 4.78 is 10.3. The molecule has 0 amide bonds. The SMILES string of the molecule is c1ccc(-c2ncn(CCn3ccnc3)c2-c2ccc(-c3ccn[nH]3)o2)cc1. The Morgan fingerprint density at radius 3 is 2.57 bits per heavy atom. The first-order valence-electron chi connectivity index (χ1n) is 9.05. The number of nitrogens with one attached hydrogen (secondary N) is 1. The third-order valence-corrected chi connectivity index (χ3v) is 4.65. The van der Waals surface area contributed by atoms with E-state index in [1.54, 1.807) is 12.4 Å². The van der Waals surface area contributed by atoms with E-state index >= 15 is 0 Å². The Balaban J connectivity index is 1.56. The van der Waals surface area contributed by atoms with Crippen molar-refractivity contribution in [2.75, 3.05) is 0 Å². The first-order chi connectivity index (χ1) is 13.9. The zero-order valence-electron chi connectivity index (χ0n) is 15.1. The molecule has 0 fully saturated rings. The number of aryl methyl sites for hydroxylation is 2. The van der Waals surface area contributed by atoms with Gasteiger partial charge in [-0.25, -0.2) is 9.97 Å². The van der Waals surface area contributed by atoms with E-state index in [4.69, 9.17) is 9.40 Å². The molecular formula is C21H18N6O. The Hall–Kier alpha value is -3.87. The number of H-pyrrole nitrogens is 1. The van der Waals surface area contributed by atoms with Crippen molar-refractivity contribution in [1.82, 2.24) is 29.3 Å². The fourth-order valence-electron chi connectivity index (χ4n) is 3.26. The predicted octanol–water partition coefficient (Wildman–Crippen LogP) is 4.10. The third-order valence-electron chi connectivity index (χ3n) is 4.65. The number of aromatic amines is 1. The van der Waals surface area contributed by atoms with Crippen LogP contribution in [0.25, 0.3) is 34.2 Å². The molecule has 7 nitrogen and oxygen atoms in total. The summed E-state index contributed by atoms with van der Waals surface area (Å²) in [5.74, 6) is 1.51. The van der Waals surface area contributed by atoms with E-state index in [1.165, 1.54) is 0 Å². The van der Waals surface area contributed by atoms with Crippen molar-refractivity contribution in [1.29, 1.82) is 0 Å². The van der Waals surface area contributed by atoms with Crippen LogP contribution in [0.1, 0.15) is 0 Å². The van der Waals surface area contributed by atoms with Crippen molar-refractivity contribution in [2.45, 2.75) is 13.1 Å². The summed E-state index contributed by atoms with van der Waals surface area (Å²) in [4.78, 5) is 8.80. The van der Waals surface area contributed by atoms with Crippen LogP contribution in [0.5, 0.6) is 0 Å². The molecule has 0 radical (unpaired) electrons. The van der Waals surface area contributed by atoms with E-state index in [1.807, 2.05) is 59.8 Å². The number of furan rings is 1. The van der Waals surface area contributed by atoms with Gasteiger partial charge in [-0.15, -0.1) is 0 Å². The van der Waals surface area contributed by atoms with Crippen LogP contribution in [0, 0.1) is 0 Å². The molecular weight excluding hydrogens is 352 g/mol. The quantitative estimate of drug-likeness (QED) is 0.488. The molecule has 4 aromatic heterocycles. The van der Waals surface area contributed by atoms with Crippen LogP contribution in [0.3, 0.4) is 0 Å². The molecule has 0 bridgehead atoms. The van der Waals surface area contributed by atoms with Crippen LogP contribution >= 0.6 is 0 Å². The molecule has 0 spiro atoms. The van der Waals surface area contributed by atoms with Gasteiger partial charge in [-0.05, 0) is 18.2 Å². The summed E-state index contributed by atoms with van der Waals surface area (Å²) in [6.45, 7) is 1.55. The average Bonchev–Trinajstić information content (AvgIpc) is 3.54. The highest BCUT2D eigenvalue weighted by Gasteiger charge is 2.19. The van der Waals surface area contributed by atoms with Crippen LogP contribution in [-0.2, 0) is 13.1 Å². The fourth-order valence-corrected chi connectivity index (χ4v) is 3.26. The molecule has 1 aromatic carbocycles. The number of aromatic nitrogens is 6. The lowest BCUT2D eigenvalue weighted by molar-refractivity contribution is 0.558. The smallest absolute Gasteiger partial charge is 0.153 e. The van der Waals surface area contributed by atoms with E-state index in [0.29, 0.717) is 0 Å². The van der Waals surface area contributed by atoms with Crippen LogP contribution < -0.4 is 0 Å². The van der Waals surface area contributed by atoms with Gasteiger partial charge in [0.15, 0.2) is 11.5 Å². The van der Waals surface area contributed by atoms with E-state index in [0.717, 1.165) is 47.3 Å². The van der Waals surface area contributed by atoms with Gasteiger partial charge in [-0.3, -0.25) is 5.10 Å². The van der Waals surface area contributed by atoms with Crippen molar-refractivity contribution in [3.8, 4) is 34.2 Å². The lowest BCUT2D eigenvalue weighted by atomic mass is 10.1. The van der Waals surface area contributed by atoms with Gasteiger partial charge in [0.2, 0.25) is 0 Å². The molecule has 28 heavy (non-hydrogen) atoms. The fraction of sp³-hybridized carbons (Fsp3) is 0.0952. The number of hydrogen-bond acceptors (Lipinski definition) is 4. The molecule has 0 aliphatic carbocycles. The second-order valence-electron chi connectivity index (χ2n) is 6.44. The molecule has 0 saturated carbocycles. The molecule has 0 aliphatic heterocycles. The molecule has 5 rings (SSSR count). The van der Waals surface area contributed by atoms with Gasteiger partial charge in [0.05, 0.1) is 18.3 Å². The number of nitrogens with zero attached hydrogens (tertiary/aromatic N) is 5. The standard InChI is InChI=1S/C21H18N6O/c1-2-4-16(5-3-1)20-21(19-7-6-18(28-19)17-8-9-24-25-17)27(15-23-20)13-12-26-11-10-22-14-26/h1-11,14-15H,12-13H2,(H,24,25). The molecule has 138 valence electrons. The Morgan fingerprint density at radius 1 is 0.893 bits per heavy atom. The minimum Gasteiger partial charge on any atom is -0.453 e. The maximum Gasteiger partial charge on any atom is 0.153 e. The van der Waals surface area contributed by atoms with Gasteiger partial charge < -0.3 is 13.6 Å². The van der Waals surface area contributed by atoms with E-state index in [-0.39, 0.29) is 0 Å². The van der Waals surface area contributed by atoms with Crippen molar-refractivity contribution in [3.63, 3.8) is 0 Å². The lowest BCUT2D eigenvalue weighted by Crippen LogP contribution is -2.06. The number of rotatable bonds is 6. The second-order valence-corrected chi connectivity index (χ2v) is 6.44. The first-order valence-corrected chi connectivity index (χ1v) is 9.05. The normalized spacial score (nSPS) is 11.1. The average molecular weight is 370 g/mol. The van der Waals surface area contributed by atoms with E-state index < -0.39 is 0 Å². The van der Waals surface area contributed by atoms with Crippen molar-refractivity contribution >= 4 is 0 Å². The summed E-state index contributed by atoms with van der Waals surface area (Å²) in [6, 6.07) is 16.0. The largest absolute Gasteiger partial charge is 0.453 e. The second kappa shape index (κ2) is 7.03. The molecule has 1 N–H and O–H groups in total. The highest BCUT2D eigenvalue weighted by molar-refractivity contribution is 5.77. The summed E-state index contributed by atoms with van der Waals surface area (Å²) in [6.07, 6.45) is 9.14. The summed E-state index contributed by atoms with van der Waals surface area (Å²) in [5.41, 5.74) is 3.75. The van der Waals surface area contributed by atoms with Crippen molar-refractivity contribution in [2.24, 2.45) is 0 Å². The highest BCUT2D eigenvalue weighted by atomic mass is 16.3. The Labute approximate surface area is 161 Å². The molecule has 4 heterocycles. The van der Waals surface area contributed by atoms with Crippen LogP contribution in [0.15, 0.2) is 84.2 Å². The van der Waals surface area contributed by atoms with Crippen LogP contribution in [0.2, 0.25) is 0 Å². The topological polar surface area (TPSA) is 77.5 Å². The van der Waals surface area contributed by atoms with E-state index in [2.05, 4.69) is 31.9 Å². The maximum absolute atomic E-state index is 6.16. The van der Waals surface area contributed by atoms with Gasteiger partial charge in [-0.1, -0.05) is 30.3 Å². The zero-order valence-corrected chi connectivity index (χ0v) is 15.1. The molecule has 0 unspecified atom stereocenters. The summed E-state index contributed by atoms with van der Waals surface area (Å²) in [7, 11) is 0. The zero-order chi connectivity index (χ0) is 18.8. The molecule has 0 saturated heterocycles. The minimum absolute atomic E-state index is 0.744. The third kappa shape index (κ3) is 3.03. The van der Waals surface area contributed by atoms with Gasteiger partial charge in [0.25, 0.3) is 0 Å².